The van der Waals surface area contributed by atoms with Crippen LogP contribution in [0.5, 0.6) is 0 Å². The van der Waals surface area contributed by atoms with Crippen molar-refractivity contribution in [2.75, 3.05) is 29.0 Å². The molecule has 0 bridgehead atoms. The fourth-order valence-corrected chi connectivity index (χ4v) is 4.66. The van der Waals surface area contributed by atoms with Gasteiger partial charge in [-0.1, -0.05) is 6.07 Å². The van der Waals surface area contributed by atoms with Gasteiger partial charge in [-0.15, -0.1) is 9.35 Å². The van der Waals surface area contributed by atoms with Gasteiger partial charge in [-0.2, -0.15) is 8.42 Å². The molecule has 2 amide bonds. The number of aromatic nitrogens is 2. The fourth-order valence-electron chi connectivity index (χ4n) is 4.24. The third kappa shape index (κ3) is 5.95. The Balaban J connectivity index is 1.91. The first-order valence-corrected chi connectivity index (χ1v) is 13.9. The smallest absolute Gasteiger partial charge is 0.351 e. The van der Waals surface area contributed by atoms with E-state index in [4.69, 9.17) is 4.28 Å². The first-order chi connectivity index (χ1) is 18.8. The quantitative estimate of drug-likeness (QED) is 0.292. The van der Waals surface area contributed by atoms with Crippen molar-refractivity contribution in [3.63, 3.8) is 0 Å². The second-order valence-electron chi connectivity index (χ2n) is 9.34. The van der Waals surface area contributed by atoms with Crippen molar-refractivity contribution in [1.82, 2.24) is 9.55 Å². The standard InChI is InChI=1S/C27H27F2N5O5S/c1-15(2)33-23-13-25(30-4)31-14-17(23)10-21(26(33)35)20-12-24(22(29)9-16(20)3)34(39-40(5,37)38)27(36)32-19-8-6-7-18(28)11-19/h6-15H,1-5H3,(H,30,31)(H,32,36). The number of fused-ring (bicyclic) bond motifs is 1. The van der Waals surface area contributed by atoms with Gasteiger partial charge in [0.25, 0.3) is 15.7 Å². The molecule has 0 atom stereocenters. The van der Waals surface area contributed by atoms with Crippen LogP contribution in [0.25, 0.3) is 22.0 Å². The minimum absolute atomic E-state index is 0.0253. The van der Waals surface area contributed by atoms with E-state index in [0.717, 1.165) is 24.3 Å². The van der Waals surface area contributed by atoms with E-state index >= 15 is 4.39 Å². The van der Waals surface area contributed by atoms with Crippen LogP contribution in [0.1, 0.15) is 25.5 Å². The third-order valence-corrected chi connectivity index (χ3v) is 6.39. The molecule has 13 heteroatoms. The lowest BCUT2D eigenvalue weighted by atomic mass is 9.99. The molecule has 4 rings (SSSR count). The van der Waals surface area contributed by atoms with Crippen molar-refractivity contribution < 1.29 is 26.3 Å². The lowest BCUT2D eigenvalue weighted by Gasteiger charge is -2.23. The van der Waals surface area contributed by atoms with Gasteiger partial charge in [-0.05, 0) is 68.3 Å². The van der Waals surface area contributed by atoms with E-state index in [1.54, 1.807) is 36.9 Å². The molecule has 0 aliphatic rings. The topological polar surface area (TPSA) is 123 Å². The maximum atomic E-state index is 15.3. The van der Waals surface area contributed by atoms with E-state index in [9.17, 15) is 22.4 Å². The van der Waals surface area contributed by atoms with Gasteiger partial charge >= 0.3 is 6.03 Å². The van der Waals surface area contributed by atoms with Crippen molar-refractivity contribution in [2.24, 2.45) is 0 Å². The highest BCUT2D eigenvalue weighted by molar-refractivity contribution is 7.86. The van der Waals surface area contributed by atoms with Crippen LogP contribution in [0, 0.1) is 18.6 Å². The molecule has 40 heavy (non-hydrogen) atoms. The molecular weight excluding hydrogens is 544 g/mol. The number of pyridine rings is 2. The van der Waals surface area contributed by atoms with E-state index < -0.39 is 39.0 Å². The Hall–Kier alpha value is -4.36. The summed E-state index contributed by atoms with van der Waals surface area (Å²) < 4.78 is 59.5. The summed E-state index contributed by atoms with van der Waals surface area (Å²) in [7, 11) is -2.63. The number of nitrogens with one attached hydrogen (secondary N) is 2. The predicted molar refractivity (Wildman–Crippen MR) is 150 cm³/mol. The molecule has 2 N–H and O–H groups in total. The second kappa shape index (κ2) is 11.0. The number of rotatable bonds is 7. The van der Waals surface area contributed by atoms with Gasteiger partial charge in [0, 0.05) is 42.0 Å². The first kappa shape index (κ1) is 28.6. The molecule has 2 heterocycles. The van der Waals surface area contributed by atoms with Crippen LogP contribution >= 0.6 is 0 Å². The molecule has 0 radical (unpaired) electrons. The molecule has 0 saturated heterocycles. The Kier molecular flexibility index (Phi) is 7.89. The molecule has 0 fully saturated rings. The molecule has 0 unspecified atom stereocenters. The molecule has 210 valence electrons. The second-order valence-corrected chi connectivity index (χ2v) is 10.9. The average molecular weight is 572 g/mol. The SMILES string of the molecule is CNc1cc2c(cn1)cc(-c1cc(N(OS(C)(=O)=O)C(=O)Nc3cccc(F)c3)c(F)cc1C)c(=O)n2C(C)C. The maximum Gasteiger partial charge on any atom is 0.351 e. The van der Waals surface area contributed by atoms with Crippen molar-refractivity contribution in [3.8, 4) is 11.1 Å². The minimum Gasteiger partial charge on any atom is -0.373 e. The number of hydroxylamine groups is 1. The predicted octanol–water partition coefficient (Wildman–Crippen LogP) is 5.20. The summed E-state index contributed by atoms with van der Waals surface area (Å²) >= 11 is 0. The summed E-state index contributed by atoms with van der Waals surface area (Å²) in [5.41, 5.74) is 0.370. The molecule has 10 nitrogen and oxygen atoms in total. The number of anilines is 3. The normalized spacial score (nSPS) is 11.6. The summed E-state index contributed by atoms with van der Waals surface area (Å²) in [5, 5.41) is 6.06. The Morgan fingerprint density at radius 3 is 2.45 bits per heavy atom. The molecular formula is C27H27F2N5O5S. The van der Waals surface area contributed by atoms with Crippen LogP contribution in [0.4, 0.5) is 30.8 Å². The minimum atomic E-state index is -4.34. The number of aryl methyl sites for hydroxylation is 1. The van der Waals surface area contributed by atoms with Crippen molar-refractivity contribution in [2.45, 2.75) is 26.8 Å². The highest BCUT2D eigenvalue weighted by Gasteiger charge is 2.27. The number of carbonyl (C=O) groups is 1. The van der Waals surface area contributed by atoms with Crippen molar-refractivity contribution >= 4 is 44.2 Å². The first-order valence-electron chi connectivity index (χ1n) is 12.1. The average Bonchev–Trinajstić information content (AvgIpc) is 2.86. The lowest BCUT2D eigenvalue weighted by molar-refractivity contribution is 0.226. The fraction of sp³-hybridized carbons (Fsp3) is 0.222. The van der Waals surface area contributed by atoms with E-state index in [1.807, 2.05) is 13.8 Å². The number of hydrogen-bond acceptors (Lipinski definition) is 7. The highest BCUT2D eigenvalue weighted by atomic mass is 32.2. The van der Waals surface area contributed by atoms with E-state index in [2.05, 4.69) is 15.6 Å². The molecule has 4 aromatic rings. The highest BCUT2D eigenvalue weighted by Crippen LogP contribution is 2.32. The molecule has 2 aromatic carbocycles. The van der Waals surface area contributed by atoms with Gasteiger partial charge in [-0.3, -0.25) is 4.79 Å². The molecule has 2 aromatic heterocycles. The monoisotopic (exact) mass is 571 g/mol. The van der Waals surface area contributed by atoms with E-state index in [-0.39, 0.29) is 27.9 Å². The lowest BCUT2D eigenvalue weighted by Crippen LogP contribution is -2.37. The zero-order valence-corrected chi connectivity index (χ0v) is 23.1. The Bertz CT molecular complexity index is 1790. The largest absolute Gasteiger partial charge is 0.373 e. The van der Waals surface area contributed by atoms with Gasteiger partial charge in [-0.25, -0.2) is 18.6 Å². The summed E-state index contributed by atoms with van der Waals surface area (Å²) in [6.07, 6.45) is 2.27. The number of nitrogens with zero attached hydrogens (tertiary/aromatic N) is 3. The van der Waals surface area contributed by atoms with Gasteiger partial charge in [0.15, 0.2) is 0 Å². The Morgan fingerprint density at radius 1 is 1.10 bits per heavy atom. The maximum absolute atomic E-state index is 15.3. The van der Waals surface area contributed by atoms with E-state index in [0.29, 0.717) is 28.5 Å². The van der Waals surface area contributed by atoms with Crippen molar-refractivity contribution in [1.29, 1.82) is 0 Å². The Labute approximate surface area is 229 Å². The van der Waals surface area contributed by atoms with Gasteiger partial charge in [0.2, 0.25) is 0 Å². The molecule has 0 aliphatic heterocycles. The molecule has 0 spiro atoms. The van der Waals surface area contributed by atoms with Crippen LogP contribution in [0.15, 0.2) is 59.5 Å². The van der Waals surface area contributed by atoms with Gasteiger partial charge < -0.3 is 15.2 Å². The van der Waals surface area contributed by atoms with Gasteiger partial charge in [0.1, 0.15) is 23.1 Å². The van der Waals surface area contributed by atoms with Crippen LogP contribution < -0.4 is 21.3 Å². The number of benzene rings is 2. The zero-order valence-electron chi connectivity index (χ0n) is 22.3. The number of carbonyl (C=O) groups excluding carboxylic acids is 1. The van der Waals surface area contributed by atoms with Crippen molar-refractivity contribution in [3.05, 3.63) is 82.3 Å². The molecule has 0 aliphatic carbocycles. The summed E-state index contributed by atoms with van der Waals surface area (Å²) in [5.74, 6) is -1.09. The van der Waals surface area contributed by atoms with Crippen LogP contribution in [0.3, 0.4) is 0 Å². The number of amides is 2. The Morgan fingerprint density at radius 2 is 1.82 bits per heavy atom. The summed E-state index contributed by atoms with van der Waals surface area (Å²) in [6, 6.07) is 8.89. The molecule has 0 saturated carbocycles. The summed E-state index contributed by atoms with van der Waals surface area (Å²) in [4.78, 5) is 31.2. The van der Waals surface area contributed by atoms with Gasteiger partial charge in [0.05, 0.1) is 11.8 Å². The number of hydrogen-bond donors (Lipinski definition) is 2. The van der Waals surface area contributed by atoms with Crippen LogP contribution in [0.2, 0.25) is 0 Å². The van der Waals surface area contributed by atoms with Crippen LogP contribution in [-0.4, -0.2) is 37.3 Å². The summed E-state index contributed by atoms with van der Waals surface area (Å²) in [6.45, 7) is 5.25. The third-order valence-electron chi connectivity index (χ3n) is 5.97. The number of urea groups is 1. The number of halogens is 2. The van der Waals surface area contributed by atoms with E-state index in [1.165, 1.54) is 12.1 Å². The van der Waals surface area contributed by atoms with Crippen LogP contribution in [-0.2, 0) is 14.4 Å². The zero-order chi connectivity index (χ0) is 29.4.